The standard InChI is InChI=1S/C10H16BrN3O2/c1-7-9(11)6-14(13-7)8(2)10(15)12-4-5-16-3/h6,8H,4-5H2,1-3H3,(H,12,15). The third kappa shape index (κ3) is 3.31. The van der Waals surface area contributed by atoms with Crippen molar-refractivity contribution < 1.29 is 9.53 Å². The van der Waals surface area contributed by atoms with Gasteiger partial charge in [-0.2, -0.15) is 5.10 Å². The molecule has 0 aliphatic heterocycles. The molecule has 0 spiro atoms. The second-order valence-corrected chi connectivity index (χ2v) is 4.36. The first-order chi connectivity index (χ1) is 7.56. The largest absolute Gasteiger partial charge is 0.383 e. The van der Waals surface area contributed by atoms with E-state index in [1.807, 2.05) is 6.92 Å². The minimum Gasteiger partial charge on any atom is -0.383 e. The number of carbonyl (C=O) groups excluding carboxylic acids is 1. The van der Waals surface area contributed by atoms with Crippen molar-refractivity contribution in [1.82, 2.24) is 15.1 Å². The summed E-state index contributed by atoms with van der Waals surface area (Å²) in [4.78, 5) is 11.7. The molecule has 90 valence electrons. The number of carbonyl (C=O) groups is 1. The lowest BCUT2D eigenvalue weighted by atomic mass is 10.3. The van der Waals surface area contributed by atoms with Crippen LogP contribution in [0.4, 0.5) is 0 Å². The Kier molecular flexibility index (Phi) is 4.95. The van der Waals surface area contributed by atoms with Gasteiger partial charge in [-0.05, 0) is 29.8 Å². The number of hydrogen-bond acceptors (Lipinski definition) is 3. The Labute approximate surface area is 103 Å². The number of halogens is 1. The van der Waals surface area contributed by atoms with Gasteiger partial charge in [0.1, 0.15) is 6.04 Å². The molecule has 1 N–H and O–H groups in total. The molecule has 1 unspecified atom stereocenters. The maximum Gasteiger partial charge on any atom is 0.244 e. The van der Waals surface area contributed by atoms with Crippen molar-refractivity contribution in [3.05, 3.63) is 16.4 Å². The number of amides is 1. The molecule has 1 rings (SSSR count). The van der Waals surface area contributed by atoms with Gasteiger partial charge >= 0.3 is 0 Å². The predicted molar refractivity (Wildman–Crippen MR) is 64.3 cm³/mol. The van der Waals surface area contributed by atoms with Crippen molar-refractivity contribution in [1.29, 1.82) is 0 Å². The van der Waals surface area contributed by atoms with E-state index in [1.165, 1.54) is 0 Å². The van der Waals surface area contributed by atoms with Gasteiger partial charge in [-0.3, -0.25) is 9.48 Å². The lowest BCUT2D eigenvalue weighted by Gasteiger charge is -2.12. The van der Waals surface area contributed by atoms with Crippen LogP contribution in [0, 0.1) is 6.92 Å². The molecule has 6 heteroatoms. The number of aryl methyl sites for hydroxylation is 1. The summed E-state index contributed by atoms with van der Waals surface area (Å²) in [5.41, 5.74) is 0.872. The second kappa shape index (κ2) is 6.00. The van der Waals surface area contributed by atoms with Crippen molar-refractivity contribution in [2.75, 3.05) is 20.3 Å². The van der Waals surface area contributed by atoms with Crippen LogP contribution < -0.4 is 5.32 Å². The van der Waals surface area contributed by atoms with E-state index in [0.29, 0.717) is 13.2 Å². The van der Waals surface area contributed by atoms with Crippen molar-refractivity contribution in [2.45, 2.75) is 19.9 Å². The molecule has 5 nitrogen and oxygen atoms in total. The normalized spacial score (nSPS) is 12.5. The number of nitrogens with one attached hydrogen (secondary N) is 1. The maximum atomic E-state index is 11.7. The molecule has 16 heavy (non-hydrogen) atoms. The quantitative estimate of drug-likeness (QED) is 0.831. The number of methoxy groups -OCH3 is 1. The van der Waals surface area contributed by atoms with Crippen molar-refractivity contribution in [3.63, 3.8) is 0 Å². The topological polar surface area (TPSA) is 56.1 Å². The molecule has 1 amide bonds. The fourth-order valence-corrected chi connectivity index (χ4v) is 1.49. The highest BCUT2D eigenvalue weighted by Crippen LogP contribution is 2.16. The molecule has 0 fully saturated rings. The van der Waals surface area contributed by atoms with Gasteiger partial charge in [0.25, 0.3) is 0 Å². The van der Waals surface area contributed by atoms with E-state index in [1.54, 1.807) is 24.9 Å². The Bertz CT molecular complexity index is 345. The summed E-state index contributed by atoms with van der Waals surface area (Å²) >= 11 is 3.36. The summed E-state index contributed by atoms with van der Waals surface area (Å²) in [6.45, 7) is 4.72. The van der Waals surface area contributed by atoms with Crippen LogP contribution >= 0.6 is 15.9 Å². The summed E-state index contributed by atoms with van der Waals surface area (Å²) in [7, 11) is 1.60. The van der Waals surface area contributed by atoms with Crippen molar-refractivity contribution in [2.24, 2.45) is 0 Å². The third-order valence-electron chi connectivity index (χ3n) is 2.24. The first kappa shape index (κ1) is 13.2. The first-order valence-corrected chi connectivity index (χ1v) is 5.83. The molecule has 0 aliphatic carbocycles. The lowest BCUT2D eigenvalue weighted by Crippen LogP contribution is -2.33. The Hall–Kier alpha value is -0.880. The fourth-order valence-electron chi connectivity index (χ4n) is 1.20. The highest BCUT2D eigenvalue weighted by molar-refractivity contribution is 9.10. The Morgan fingerprint density at radius 2 is 2.44 bits per heavy atom. The van der Waals surface area contributed by atoms with E-state index in [2.05, 4.69) is 26.3 Å². The van der Waals surface area contributed by atoms with Crippen LogP contribution in [0.5, 0.6) is 0 Å². The average molecular weight is 290 g/mol. The molecule has 1 atom stereocenters. The van der Waals surface area contributed by atoms with Crippen LogP contribution in [0.1, 0.15) is 18.7 Å². The summed E-state index contributed by atoms with van der Waals surface area (Å²) in [5.74, 6) is -0.0629. The summed E-state index contributed by atoms with van der Waals surface area (Å²) in [5, 5.41) is 7.01. The minimum absolute atomic E-state index is 0.0629. The SMILES string of the molecule is COCCNC(=O)C(C)n1cc(Br)c(C)n1. The van der Waals surface area contributed by atoms with E-state index < -0.39 is 0 Å². The van der Waals surface area contributed by atoms with Gasteiger partial charge in [0.05, 0.1) is 16.8 Å². The molecule has 0 bridgehead atoms. The van der Waals surface area contributed by atoms with Gasteiger partial charge in [0.15, 0.2) is 0 Å². The maximum absolute atomic E-state index is 11.7. The molecule has 1 heterocycles. The molecule has 1 aromatic rings. The Morgan fingerprint density at radius 3 is 2.94 bits per heavy atom. The molecular formula is C10H16BrN3O2. The highest BCUT2D eigenvalue weighted by atomic mass is 79.9. The van der Waals surface area contributed by atoms with Crippen LogP contribution in [0.2, 0.25) is 0 Å². The summed E-state index contributed by atoms with van der Waals surface area (Å²) in [6.07, 6.45) is 1.80. The number of hydrogen-bond donors (Lipinski definition) is 1. The van der Waals surface area contributed by atoms with Crippen molar-refractivity contribution in [3.8, 4) is 0 Å². The number of rotatable bonds is 5. The summed E-state index contributed by atoms with van der Waals surface area (Å²) in [6, 6.07) is -0.318. The zero-order chi connectivity index (χ0) is 12.1. The molecule has 0 radical (unpaired) electrons. The number of nitrogens with zero attached hydrogens (tertiary/aromatic N) is 2. The van der Waals surface area contributed by atoms with Gasteiger partial charge in [-0.15, -0.1) is 0 Å². The highest BCUT2D eigenvalue weighted by Gasteiger charge is 2.16. The van der Waals surface area contributed by atoms with E-state index in [9.17, 15) is 4.79 Å². The molecule has 1 aromatic heterocycles. The Morgan fingerprint density at radius 1 is 1.75 bits per heavy atom. The third-order valence-corrected chi connectivity index (χ3v) is 3.02. The number of ether oxygens (including phenoxy) is 1. The lowest BCUT2D eigenvalue weighted by molar-refractivity contribution is -0.124. The minimum atomic E-state index is -0.318. The molecular weight excluding hydrogens is 274 g/mol. The summed E-state index contributed by atoms with van der Waals surface area (Å²) < 4.78 is 7.40. The van der Waals surface area contributed by atoms with E-state index in [0.717, 1.165) is 10.2 Å². The Balaban J connectivity index is 2.56. The molecule has 0 aliphatic rings. The zero-order valence-corrected chi connectivity index (χ0v) is 11.2. The van der Waals surface area contributed by atoms with Gasteiger partial charge < -0.3 is 10.1 Å². The number of aromatic nitrogens is 2. The van der Waals surface area contributed by atoms with Gasteiger partial charge in [-0.25, -0.2) is 0 Å². The zero-order valence-electron chi connectivity index (χ0n) is 9.66. The first-order valence-electron chi connectivity index (χ1n) is 5.04. The van der Waals surface area contributed by atoms with E-state index in [-0.39, 0.29) is 11.9 Å². The monoisotopic (exact) mass is 289 g/mol. The smallest absolute Gasteiger partial charge is 0.244 e. The van der Waals surface area contributed by atoms with Crippen LogP contribution in [0.25, 0.3) is 0 Å². The van der Waals surface area contributed by atoms with Gasteiger partial charge in [0, 0.05) is 19.9 Å². The van der Waals surface area contributed by atoms with Crippen LogP contribution in [-0.4, -0.2) is 35.9 Å². The van der Waals surface area contributed by atoms with Crippen LogP contribution in [0.3, 0.4) is 0 Å². The van der Waals surface area contributed by atoms with Crippen LogP contribution in [0.15, 0.2) is 10.7 Å². The second-order valence-electron chi connectivity index (χ2n) is 3.50. The van der Waals surface area contributed by atoms with Gasteiger partial charge in [-0.1, -0.05) is 0 Å². The van der Waals surface area contributed by atoms with Crippen molar-refractivity contribution >= 4 is 21.8 Å². The molecule has 0 saturated heterocycles. The predicted octanol–water partition coefficient (Wildman–Crippen LogP) is 1.28. The van der Waals surface area contributed by atoms with E-state index in [4.69, 9.17) is 4.74 Å². The molecule has 0 saturated carbocycles. The van der Waals surface area contributed by atoms with Crippen LogP contribution in [-0.2, 0) is 9.53 Å². The van der Waals surface area contributed by atoms with E-state index >= 15 is 0 Å². The fraction of sp³-hybridized carbons (Fsp3) is 0.600. The average Bonchev–Trinajstić information content (AvgIpc) is 2.58. The van der Waals surface area contributed by atoms with Gasteiger partial charge in [0.2, 0.25) is 5.91 Å². The molecule has 0 aromatic carbocycles.